The Kier molecular flexibility index (Phi) is 4.86. The molecule has 1 spiro atoms. The van der Waals surface area contributed by atoms with Crippen LogP contribution >= 0.6 is 0 Å². The van der Waals surface area contributed by atoms with Gasteiger partial charge in [0.1, 0.15) is 0 Å². The van der Waals surface area contributed by atoms with E-state index in [4.69, 9.17) is 9.97 Å². The summed E-state index contributed by atoms with van der Waals surface area (Å²) >= 11 is 0. The molecular formula is C21H29N5O. The Morgan fingerprint density at radius 3 is 2.56 bits per heavy atom. The molecule has 1 atom stereocenters. The van der Waals surface area contributed by atoms with Crippen LogP contribution in [-0.2, 0) is 11.3 Å². The summed E-state index contributed by atoms with van der Waals surface area (Å²) in [5.41, 5.74) is 4.08. The van der Waals surface area contributed by atoms with Gasteiger partial charge < -0.3 is 4.90 Å². The first-order valence-corrected chi connectivity index (χ1v) is 9.87. The molecule has 6 nitrogen and oxygen atoms in total. The number of hydrogen-bond donors (Lipinski definition) is 0. The van der Waals surface area contributed by atoms with E-state index < -0.39 is 0 Å². The molecule has 0 radical (unpaired) electrons. The lowest BCUT2D eigenvalue weighted by molar-refractivity contribution is -0.129. The SMILES string of the molecule is Cc1nc2ccccc2nc1CN1CCN(C)[C@]2(CCC(=O)N(C)CC2)C1. The average molecular weight is 367 g/mol. The lowest BCUT2D eigenvalue weighted by Crippen LogP contribution is -2.60. The summed E-state index contributed by atoms with van der Waals surface area (Å²) in [6, 6.07) is 8.07. The number of hydrogen-bond acceptors (Lipinski definition) is 5. The first-order chi connectivity index (χ1) is 13.0. The largest absolute Gasteiger partial charge is 0.346 e. The summed E-state index contributed by atoms with van der Waals surface area (Å²) in [5, 5.41) is 0. The molecule has 3 heterocycles. The molecule has 2 aliphatic rings. The van der Waals surface area contributed by atoms with E-state index in [-0.39, 0.29) is 11.4 Å². The van der Waals surface area contributed by atoms with E-state index in [0.29, 0.717) is 6.42 Å². The monoisotopic (exact) mass is 367 g/mol. The maximum absolute atomic E-state index is 12.2. The second-order valence-electron chi connectivity index (χ2n) is 8.17. The topological polar surface area (TPSA) is 52.6 Å². The summed E-state index contributed by atoms with van der Waals surface area (Å²) in [7, 11) is 4.14. The van der Waals surface area contributed by atoms with Crippen molar-refractivity contribution in [3.05, 3.63) is 35.7 Å². The van der Waals surface area contributed by atoms with Crippen molar-refractivity contribution in [1.29, 1.82) is 0 Å². The highest BCUT2D eigenvalue weighted by molar-refractivity contribution is 5.76. The summed E-state index contributed by atoms with van der Waals surface area (Å²) in [6.45, 7) is 6.75. The van der Waals surface area contributed by atoms with Crippen molar-refractivity contribution < 1.29 is 4.79 Å². The fourth-order valence-electron chi connectivity index (χ4n) is 4.46. The van der Waals surface area contributed by atoms with Crippen LogP contribution in [0.1, 0.15) is 30.7 Å². The van der Waals surface area contributed by atoms with Crippen LogP contribution in [0, 0.1) is 6.92 Å². The normalized spacial score (nSPS) is 25.3. The number of likely N-dealkylation sites (tertiary alicyclic amines) is 1. The molecule has 4 rings (SSSR count). The molecule has 1 amide bonds. The van der Waals surface area contributed by atoms with Gasteiger partial charge in [-0.1, -0.05) is 12.1 Å². The first kappa shape index (κ1) is 18.3. The molecule has 2 fully saturated rings. The summed E-state index contributed by atoms with van der Waals surface area (Å²) in [4.78, 5) is 28.7. The number of nitrogens with zero attached hydrogens (tertiary/aromatic N) is 5. The fourth-order valence-corrected chi connectivity index (χ4v) is 4.46. The molecule has 0 saturated carbocycles. The number of carbonyl (C=O) groups excluding carboxylic acids is 1. The molecule has 0 unspecified atom stereocenters. The lowest BCUT2D eigenvalue weighted by atomic mass is 9.86. The van der Waals surface area contributed by atoms with Gasteiger partial charge in [0.15, 0.2) is 0 Å². The van der Waals surface area contributed by atoms with E-state index in [1.54, 1.807) is 0 Å². The van der Waals surface area contributed by atoms with Crippen molar-refractivity contribution in [3.63, 3.8) is 0 Å². The van der Waals surface area contributed by atoms with E-state index in [9.17, 15) is 4.79 Å². The number of rotatable bonds is 2. The minimum Gasteiger partial charge on any atom is -0.346 e. The number of aryl methyl sites for hydroxylation is 1. The van der Waals surface area contributed by atoms with Gasteiger partial charge in [0.25, 0.3) is 0 Å². The Morgan fingerprint density at radius 1 is 1.04 bits per heavy atom. The van der Waals surface area contributed by atoms with Crippen LogP contribution in [0.5, 0.6) is 0 Å². The Bertz CT molecular complexity index is 854. The van der Waals surface area contributed by atoms with Crippen molar-refractivity contribution in [1.82, 2.24) is 24.7 Å². The van der Waals surface area contributed by atoms with Crippen molar-refractivity contribution in [2.45, 2.75) is 38.3 Å². The number of likely N-dealkylation sites (N-methyl/N-ethyl adjacent to an activating group) is 1. The second kappa shape index (κ2) is 7.17. The maximum atomic E-state index is 12.2. The predicted molar refractivity (Wildman–Crippen MR) is 106 cm³/mol. The first-order valence-electron chi connectivity index (χ1n) is 9.87. The summed E-state index contributed by atoms with van der Waals surface area (Å²) in [6.07, 6.45) is 2.61. The third-order valence-electron chi connectivity index (χ3n) is 6.44. The van der Waals surface area contributed by atoms with Crippen LogP contribution in [0.25, 0.3) is 11.0 Å². The molecule has 144 valence electrons. The van der Waals surface area contributed by atoms with Gasteiger partial charge in [-0.05, 0) is 38.9 Å². The van der Waals surface area contributed by atoms with Crippen LogP contribution in [0.2, 0.25) is 0 Å². The van der Waals surface area contributed by atoms with Gasteiger partial charge in [-0.3, -0.25) is 14.6 Å². The van der Waals surface area contributed by atoms with Crippen LogP contribution in [0.15, 0.2) is 24.3 Å². The van der Waals surface area contributed by atoms with E-state index in [2.05, 4.69) is 23.8 Å². The van der Waals surface area contributed by atoms with E-state index >= 15 is 0 Å². The third-order valence-corrected chi connectivity index (χ3v) is 6.44. The molecule has 2 saturated heterocycles. The molecule has 2 aliphatic heterocycles. The van der Waals surface area contributed by atoms with Crippen molar-refractivity contribution >= 4 is 16.9 Å². The van der Waals surface area contributed by atoms with Gasteiger partial charge in [-0.2, -0.15) is 0 Å². The highest BCUT2D eigenvalue weighted by Crippen LogP contribution is 2.32. The van der Waals surface area contributed by atoms with Crippen LogP contribution in [0.3, 0.4) is 0 Å². The van der Waals surface area contributed by atoms with Gasteiger partial charge in [0, 0.05) is 51.7 Å². The van der Waals surface area contributed by atoms with Crippen molar-refractivity contribution in [3.8, 4) is 0 Å². The van der Waals surface area contributed by atoms with Crippen LogP contribution < -0.4 is 0 Å². The minimum atomic E-state index is 0.0802. The van der Waals surface area contributed by atoms with Gasteiger partial charge in [-0.15, -0.1) is 0 Å². The zero-order chi connectivity index (χ0) is 19.0. The van der Waals surface area contributed by atoms with Crippen LogP contribution in [-0.4, -0.2) is 76.4 Å². The van der Waals surface area contributed by atoms with E-state index in [0.717, 1.165) is 68.0 Å². The number of benzene rings is 1. The highest BCUT2D eigenvalue weighted by atomic mass is 16.2. The maximum Gasteiger partial charge on any atom is 0.222 e. The second-order valence-corrected chi connectivity index (χ2v) is 8.17. The van der Waals surface area contributed by atoms with E-state index in [1.807, 2.05) is 36.2 Å². The highest BCUT2D eigenvalue weighted by Gasteiger charge is 2.41. The smallest absolute Gasteiger partial charge is 0.222 e. The number of para-hydroxylation sites is 2. The predicted octanol–water partition coefficient (Wildman–Crippen LogP) is 2.07. The molecular weight excluding hydrogens is 338 g/mol. The zero-order valence-electron chi connectivity index (χ0n) is 16.6. The van der Waals surface area contributed by atoms with Gasteiger partial charge in [-0.25, -0.2) is 9.97 Å². The van der Waals surface area contributed by atoms with E-state index in [1.165, 1.54) is 0 Å². The van der Waals surface area contributed by atoms with Crippen molar-refractivity contribution in [2.75, 3.05) is 40.3 Å². The molecule has 0 N–H and O–H groups in total. The standard InChI is InChI=1S/C21H29N5O/c1-16-19(23-18-7-5-4-6-17(18)22-16)14-26-13-12-25(3)21(15-26)9-8-20(27)24(2)11-10-21/h4-7H,8-15H2,1-3H3/t21-/m0/s1. The number of carbonyl (C=O) groups is 1. The average Bonchev–Trinajstić information content (AvgIpc) is 2.80. The third kappa shape index (κ3) is 3.56. The minimum absolute atomic E-state index is 0.0802. The molecule has 1 aromatic heterocycles. The molecule has 0 bridgehead atoms. The lowest BCUT2D eigenvalue weighted by Gasteiger charge is -2.49. The summed E-state index contributed by atoms with van der Waals surface area (Å²) < 4.78 is 0. The van der Waals surface area contributed by atoms with Gasteiger partial charge in [0.05, 0.1) is 22.4 Å². The Hall–Kier alpha value is -2.05. The molecule has 2 aromatic rings. The van der Waals surface area contributed by atoms with Gasteiger partial charge >= 0.3 is 0 Å². The molecule has 27 heavy (non-hydrogen) atoms. The Balaban J connectivity index is 1.55. The number of aromatic nitrogens is 2. The van der Waals surface area contributed by atoms with Gasteiger partial charge in [0.2, 0.25) is 5.91 Å². The number of amides is 1. The quantitative estimate of drug-likeness (QED) is 0.813. The number of fused-ring (bicyclic) bond motifs is 1. The Morgan fingerprint density at radius 2 is 1.78 bits per heavy atom. The van der Waals surface area contributed by atoms with Crippen molar-refractivity contribution in [2.24, 2.45) is 0 Å². The Labute approximate surface area is 161 Å². The molecule has 0 aliphatic carbocycles. The van der Waals surface area contributed by atoms with Crippen LogP contribution in [0.4, 0.5) is 0 Å². The number of piperazine rings is 1. The fraction of sp³-hybridized carbons (Fsp3) is 0.571. The summed E-state index contributed by atoms with van der Waals surface area (Å²) in [5.74, 6) is 0.272. The molecule has 1 aromatic carbocycles. The molecule has 6 heteroatoms. The zero-order valence-corrected chi connectivity index (χ0v) is 16.6.